The number of ketones is 1. The Labute approximate surface area is 109 Å². The number of benzene rings is 1. The number of Topliss-reactive ketones (excluding diaryl/α,β-unsaturated/α-hetero) is 1. The lowest BCUT2D eigenvalue weighted by Gasteiger charge is -2.17. The summed E-state index contributed by atoms with van der Waals surface area (Å²) in [7, 11) is 0. The zero-order valence-corrected chi connectivity index (χ0v) is 11.3. The van der Waals surface area contributed by atoms with Crippen molar-refractivity contribution in [1.29, 1.82) is 0 Å². The van der Waals surface area contributed by atoms with Gasteiger partial charge in [-0.3, -0.25) is 9.59 Å². The standard InChI is InChI=1S/C13H14BrNO2/c1-9-5-4-6-10-11(9)15(8-3-2-7-14)13(17)12(10)16/h4-6H,2-3,7-8H2,1H3. The van der Waals surface area contributed by atoms with Gasteiger partial charge in [0.1, 0.15) is 0 Å². The monoisotopic (exact) mass is 295 g/mol. The summed E-state index contributed by atoms with van der Waals surface area (Å²) < 4.78 is 0. The van der Waals surface area contributed by atoms with Gasteiger partial charge in [-0.1, -0.05) is 28.1 Å². The number of aryl methyl sites for hydroxylation is 1. The van der Waals surface area contributed by atoms with Crippen LogP contribution in [0.5, 0.6) is 0 Å². The number of nitrogens with zero attached hydrogens (tertiary/aromatic N) is 1. The smallest absolute Gasteiger partial charge is 0.299 e. The van der Waals surface area contributed by atoms with E-state index >= 15 is 0 Å². The number of carbonyl (C=O) groups is 2. The number of amides is 1. The van der Waals surface area contributed by atoms with E-state index in [1.807, 2.05) is 19.1 Å². The molecule has 17 heavy (non-hydrogen) atoms. The maximum absolute atomic E-state index is 11.9. The second-order valence-electron chi connectivity index (χ2n) is 4.15. The van der Waals surface area contributed by atoms with Crippen LogP contribution in [-0.2, 0) is 4.79 Å². The van der Waals surface area contributed by atoms with Crippen LogP contribution in [-0.4, -0.2) is 23.6 Å². The molecule has 1 aliphatic heterocycles. The Bertz CT molecular complexity index is 470. The lowest BCUT2D eigenvalue weighted by molar-refractivity contribution is -0.114. The highest BCUT2D eigenvalue weighted by Crippen LogP contribution is 2.32. The number of para-hydroxylation sites is 1. The molecular weight excluding hydrogens is 282 g/mol. The summed E-state index contributed by atoms with van der Waals surface area (Å²) in [6.45, 7) is 2.55. The maximum Gasteiger partial charge on any atom is 0.299 e. The number of hydrogen-bond donors (Lipinski definition) is 0. The summed E-state index contributed by atoms with van der Waals surface area (Å²) in [6.07, 6.45) is 1.90. The van der Waals surface area contributed by atoms with Crippen molar-refractivity contribution in [1.82, 2.24) is 0 Å². The van der Waals surface area contributed by atoms with Crippen molar-refractivity contribution in [2.24, 2.45) is 0 Å². The lowest BCUT2D eigenvalue weighted by atomic mass is 10.1. The Morgan fingerprint density at radius 3 is 2.71 bits per heavy atom. The minimum atomic E-state index is -0.385. The number of alkyl halides is 1. The number of halogens is 1. The van der Waals surface area contributed by atoms with Crippen LogP contribution in [0, 0.1) is 6.92 Å². The molecule has 1 aromatic carbocycles. The van der Waals surface area contributed by atoms with E-state index in [-0.39, 0.29) is 11.7 Å². The van der Waals surface area contributed by atoms with Crippen molar-refractivity contribution in [2.45, 2.75) is 19.8 Å². The fourth-order valence-corrected chi connectivity index (χ4v) is 2.51. The Balaban J connectivity index is 2.30. The maximum atomic E-state index is 11.9. The molecule has 0 atom stereocenters. The van der Waals surface area contributed by atoms with E-state index in [1.54, 1.807) is 11.0 Å². The third kappa shape index (κ3) is 2.14. The number of fused-ring (bicyclic) bond motifs is 1. The quantitative estimate of drug-likeness (QED) is 0.487. The van der Waals surface area contributed by atoms with Crippen molar-refractivity contribution in [3.05, 3.63) is 29.3 Å². The van der Waals surface area contributed by atoms with Crippen LogP contribution in [0.3, 0.4) is 0 Å². The molecule has 90 valence electrons. The summed E-state index contributed by atoms with van der Waals surface area (Å²) >= 11 is 3.36. The molecule has 0 spiro atoms. The van der Waals surface area contributed by atoms with E-state index in [9.17, 15) is 9.59 Å². The Hall–Kier alpha value is -1.16. The molecule has 0 bridgehead atoms. The van der Waals surface area contributed by atoms with Crippen LogP contribution < -0.4 is 4.90 Å². The molecule has 0 saturated heterocycles. The fourth-order valence-electron chi connectivity index (χ4n) is 2.12. The third-order valence-corrected chi connectivity index (χ3v) is 3.52. The minimum Gasteiger partial charge on any atom is -0.304 e. The minimum absolute atomic E-state index is 0.373. The van der Waals surface area contributed by atoms with Gasteiger partial charge in [-0.05, 0) is 31.4 Å². The number of unbranched alkanes of at least 4 members (excludes halogenated alkanes) is 1. The van der Waals surface area contributed by atoms with Crippen molar-refractivity contribution in [2.75, 3.05) is 16.8 Å². The van der Waals surface area contributed by atoms with Crippen LogP contribution in [0.15, 0.2) is 18.2 Å². The van der Waals surface area contributed by atoms with Crippen molar-refractivity contribution in [3.63, 3.8) is 0 Å². The van der Waals surface area contributed by atoms with Gasteiger partial charge in [0.05, 0.1) is 11.3 Å². The Morgan fingerprint density at radius 1 is 1.24 bits per heavy atom. The van der Waals surface area contributed by atoms with E-state index in [0.717, 1.165) is 29.4 Å². The topological polar surface area (TPSA) is 37.4 Å². The summed E-state index contributed by atoms with van der Waals surface area (Å²) in [5.41, 5.74) is 2.34. The highest BCUT2D eigenvalue weighted by molar-refractivity contribution is 9.09. The number of hydrogen-bond acceptors (Lipinski definition) is 2. The Morgan fingerprint density at radius 2 is 2.00 bits per heavy atom. The van der Waals surface area contributed by atoms with Crippen LogP contribution in [0.2, 0.25) is 0 Å². The lowest BCUT2D eigenvalue weighted by Crippen LogP contribution is -2.31. The molecule has 1 aliphatic rings. The van der Waals surface area contributed by atoms with Crippen LogP contribution in [0.1, 0.15) is 28.8 Å². The van der Waals surface area contributed by atoms with Gasteiger partial charge in [0.25, 0.3) is 11.7 Å². The molecular formula is C13H14BrNO2. The zero-order chi connectivity index (χ0) is 12.4. The second-order valence-corrected chi connectivity index (χ2v) is 4.95. The largest absolute Gasteiger partial charge is 0.304 e. The Kier molecular flexibility index (Phi) is 3.62. The third-order valence-electron chi connectivity index (χ3n) is 2.96. The molecule has 0 unspecified atom stereocenters. The SMILES string of the molecule is Cc1cccc2c1N(CCCCBr)C(=O)C2=O. The average molecular weight is 296 g/mol. The number of rotatable bonds is 4. The summed E-state index contributed by atoms with van der Waals surface area (Å²) in [6, 6.07) is 5.48. The van der Waals surface area contributed by atoms with E-state index < -0.39 is 0 Å². The average Bonchev–Trinajstić information content (AvgIpc) is 2.56. The van der Waals surface area contributed by atoms with Gasteiger partial charge in [-0.25, -0.2) is 0 Å². The van der Waals surface area contributed by atoms with Crippen molar-refractivity contribution in [3.8, 4) is 0 Å². The van der Waals surface area contributed by atoms with E-state index in [4.69, 9.17) is 0 Å². The molecule has 0 fully saturated rings. The molecule has 1 amide bonds. The number of anilines is 1. The molecule has 1 aromatic rings. The van der Waals surface area contributed by atoms with E-state index in [1.165, 1.54) is 0 Å². The molecule has 3 nitrogen and oxygen atoms in total. The first-order chi connectivity index (χ1) is 8.16. The molecule has 4 heteroatoms. The molecule has 0 saturated carbocycles. The molecule has 2 rings (SSSR count). The first-order valence-electron chi connectivity index (χ1n) is 5.68. The van der Waals surface area contributed by atoms with E-state index in [2.05, 4.69) is 15.9 Å². The number of carbonyl (C=O) groups excluding carboxylic acids is 2. The van der Waals surface area contributed by atoms with Gasteiger partial charge < -0.3 is 4.90 Å². The van der Waals surface area contributed by atoms with Gasteiger partial charge in [0.2, 0.25) is 0 Å². The first-order valence-corrected chi connectivity index (χ1v) is 6.80. The predicted octanol–water partition coefficient (Wildman–Crippen LogP) is 2.70. The molecule has 0 N–H and O–H groups in total. The summed E-state index contributed by atoms with van der Waals surface area (Å²) in [5, 5.41) is 0.920. The first kappa shape index (κ1) is 12.3. The fraction of sp³-hybridized carbons (Fsp3) is 0.385. The van der Waals surface area contributed by atoms with Gasteiger partial charge in [-0.2, -0.15) is 0 Å². The van der Waals surface area contributed by atoms with Crippen LogP contribution in [0.25, 0.3) is 0 Å². The van der Waals surface area contributed by atoms with E-state index in [0.29, 0.717) is 12.1 Å². The van der Waals surface area contributed by atoms with Gasteiger partial charge in [0.15, 0.2) is 0 Å². The van der Waals surface area contributed by atoms with Gasteiger partial charge >= 0.3 is 0 Å². The van der Waals surface area contributed by atoms with Gasteiger partial charge in [0, 0.05) is 11.9 Å². The van der Waals surface area contributed by atoms with Crippen LogP contribution in [0.4, 0.5) is 5.69 Å². The molecule has 0 aliphatic carbocycles. The summed E-state index contributed by atoms with van der Waals surface area (Å²) in [5.74, 6) is -0.758. The van der Waals surface area contributed by atoms with Crippen molar-refractivity contribution >= 4 is 33.3 Å². The van der Waals surface area contributed by atoms with Crippen molar-refractivity contribution < 1.29 is 9.59 Å². The normalized spacial score (nSPS) is 14.4. The predicted molar refractivity (Wildman–Crippen MR) is 70.9 cm³/mol. The zero-order valence-electron chi connectivity index (χ0n) is 9.70. The highest BCUT2D eigenvalue weighted by Gasteiger charge is 2.36. The molecule has 0 aromatic heterocycles. The second kappa shape index (κ2) is 5.00. The molecule has 1 heterocycles. The van der Waals surface area contributed by atoms with Crippen LogP contribution >= 0.6 is 15.9 Å². The van der Waals surface area contributed by atoms with Gasteiger partial charge in [-0.15, -0.1) is 0 Å². The summed E-state index contributed by atoms with van der Waals surface area (Å²) in [4.78, 5) is 25.3. The highest BCUT2D eigenvalue weighted by atomic mass is 79.9. The molecule has 0 radical (unpaired) electrons.